The summed E-state index contributed by atoms with van der Waals surface area (Å²) in [5.74, 6) is 1.10. The number of carbonyl (C=O) groups excluding carboxylic acids is 2. The van der Waals surface area contributed by atoms with Crippen LogP contribution in [0.15, 0.2) is 42.6 Å². The molecule has 2 aliphatic heterocycles. The summed E-state index contributed by atoms with van der Waals surface area (Å²) >= 11 is 5.89. The topological polar surface area (TPSA) is 65.5 Å². The summed E-state index contributed by atoms with van der Waals surface area (Å²) in [6, 6.07) is 11.3. The van der Waals surface area contributed by atoms with E-state index in [1.54, 1.807) is 11.1 Å². The number of nitrogens with zero attached hydrogens (tertiary/aromatic N) is 3. The summed E-state index contributed by atoms with van der Waals surface area (Å²) < 4.78 is 0. The number of hydrogen-bond donors (Lipinski definition) is 1. The van der Waals surface area contributed by atoms with Gasteiger partial charge in [-0.05, 0) is 55.7 Å². The van der Waals surface area contributed by atoms with Gasteiger partial charge in [0.05, 0.1) is 5.02 Å². The molecule has 0 spiro atoms. The van der Waals surface area contributed by atoms with E-state index in [0.29, 0.717) is 11.4 Å². The van der Waals surface area contributed by atoms with Crippen molar-refractivity contribution in [1.29, 1.82) is 0 Å². The lowest BCUT2D eigenvalue weighted by molar-refractivity contribution is -0.120. The van der Waals surface area contributed by atoms with Gasteiger partial charge in [0.15, 0.2) is 0 Å². The fourth-order valence-electron chi connectivity index (χ4n) is 3.82. The van der Waals surface area contributed by atoms with Crippen LogP contribution in [-0.4, -0.2) is 36.4 Å². The normalized spacial score (nSPS) is 17.8. The third kappa shape index (κ3) is 4.12. The Kier molecular flexibility index (Phi) is 5.48. The Morgan fingerprint density at radius 1 is 1.07 bits per heavy atom. The first kappa shape index (κ1) is 18.7. The second-order valence-corrected chi connectivity index (χ2v) is 7.72. The van der Waals surface area contributed by atoms with E-state index < -0.39 is 0 Å². The van der Waals surface area contributed by atoms with Gasteiger partial charge in [-0.2, -0.15) is 0 Å². The smallest absolute Gasteiger partial charge is 0.227 e. The Morgan fingerprint density at radius 3 is 2.43 bits per heavy atom. The predicted octanol–water partition coefficient (Wildman–Crippen LogP) is 3.72. The van der Waals surface area contributed by atoms with Gasteiger partial charge in [-0.3, -0.25) is 9.59 Å². The van der Waals surface area contributed by atoms with E-state index in [4.69, 9.17) is 11.6 Å². The summed E-state index contributed by atoms with van der Waals surface area (Å²) in [5, 5.41) is 3.63. The maximum absolute atomic E-state index is 12.6. The van der Waals surface area contributed by atoms with Gasteiger partial charge >= 0.3 is 0 Å². The van der Waals surface area contributed by atoms with Crippen LogP contribution in [0.1, 0.15) is 25.7 Å². The second-order valence-electron chi connectivity index (χ2n) is 7.28. The quantitative estimate of drug-likeness (QED) is 0.852. The zero-order valence-corrected chi connectivity index (χ0v) is 16.4. The molecule has 0 aliphatic carbocycles. The summed E-state index contributed by atoms with van der Waals surface area (Å²) in [6.45, 7) is 2.36. The van der Waals surface area contributed by atoms with E-state index in [9.17, 15) is 9.59 Å². The molecule has 0 saturated carbocycles. The van der Waals surface area contributed by atoms with Gasteiger partial charge in [-0.15, -0.1) is 0 Å². The third-order valence-corrected chi connectivity index (χ3v) is 5.65. The zero-order valence-electron chi connectivity index (χ0n) is 15.6. The van der Waals surface area contributed by atoms with Gasteiger partial charge in [-0.1, -0.05) is 11.6 Å². The minimum absolute atomic E-state index is 0.0108. The second kappa shape index (κ2) is 8.19. The molecular formula is C21H23ClN4O2. The lowest BCUT2D eigenvalue weighted by atomic mass is 9.95. The number of carbonyl (C=O) groups is 2. The largest absolute Gasteiger partial charge is 0.357 e. The Morgan fingerprint density at radius 2 is 1.82 bits per heavy atom. The van der Waals surface area contributed by atoms with Crippen LogP contribution in [0, 0.1) is 5.92 Å². The highest BCUT2D eigenvalue weighted by Crippen LogP contribution is 2.26. The van der Waals surface area contributed by atoms with Crippen molar-refractivity contribution in [3.63, 3.8) is 0 Å². The van der Waals surface area contributed by atoms with Crippen molar-refractivity contribution in [2.24, 2.45) is 5.92 Å². The molecule has 6 nitrogen and oxygen atoms in total. The number of benzene rings is 1. The molecule has 2 aliphatic rings. The molecule has 0 bridgehead atoms. The fourth-order valence-corrected chi connectivity index (χ4v) is 3.93. The number of nitrogens with one attached hydrogen (secondary N) is 1. The number of halogens is 1. The summed E-state index contributed by atoms with van der Waals surface area (Å²) in [7, 11) is 0. The molecule has 0 radical (unpaired) electrons. The van der Waals surface area contributed by atoms with Crippen molar-refractivity contribution < 1.29 is 9.59 Å². The van der Waals surface area contributed by atoms with Crippen LogP contribution < -0.4 is 15.1 Å². The monoisotopic (exact) mass is 398 g/mol. The molecule has 146 valence electrons. The molecule has 2 aromatic rings. The molecule has 0 unspecified atom stereocenters. The van der Waals surface area contributed by atoms with Gasteiger partial charge < -0.3 is 15.1 Å². The molecule has 1 aromatic heterocycles. The Balaban J connectivity index is 1.31. The molecule has 4 rings (SSSR count). The number of hydrogen-bond acceptors (Lipinski definition) is 4. The number of anilines is 3. The predicted molar refractivity (Wildman–Crippen MR) is 111 cm³/mol. The first-order valence-corrected chi connectivity index (χ1v) is 10.1. The lowest BCUT2D eigenvalue weighted by Crippen LogP contribution is -2.38. The number of aromatic nitrogens is 1. The number of amides is 2. The minimum Gasteiger partial charge on any atom is -0.357 e. The molecule has 2 saturated heterocycles. The van der Waals surface area contributed by atoms with Crippen LogP contribution in [0.5, 0.6) is 0 Å². The van der Waals surface area contributed by atoms with Gasteiger partial charge in [0.2, 0.25) is 11.8 Å². The highest BCUT2D eigenvalue weighted by Gasteiger charge is 2.26. The van der Waals surface area contributed by atoms with Crippen molar-refractivity contribution in [1.82, 2.24) is 4.98 Å². The van der Waals surface area contributed by atoms with Crippen LogP contribution in [0.4, 0.5) is 17.2 Å². The first-order valence-electron chi connectivity index (χ1n) is 9.68. The molecule has 2 fully saturated rings. The molecular weight excluding hydrogens is 376 g/mol. The van der Waals surface area contributed by atoms with E-state index in [1.807, 2.05) is 36.4 Å². The average Bonchev–Trinajstić information content (AvgIpc) is 3.15. The summed E-state index contributed by atoms with van der Waals surface area (Å²) in [6.07, 6.45) is 4.74. The minimum atomic E-state index is -0.0108. The van der Waals surface area contributed by atoms with E-state index in [2.05, 4.69) is 15.2 Å². The van der Waals surface area contributed by atoms with Gasteiger partial charge in [0, 0.05) is 49.5 Å². The molecule has 7 heteroatoms. The molecule has 3 heterocycles. The van der Waals surface area contributed by atoms with Crippen LogP contribution in [0.2, 0.25) is 5.02 Å². The van der Waals surface area contributed by atoms with Crippen LogP contribution >= 0.6 is 11.6 Å². The van der Waals surface area contributed by atoms with Crippen molar-refractivity contribution in [3.8, 4) is 0 Å². The Labute approximate surface area is 169 Å². The van der Waals surface area contributed by atoms with Crippen molar-refractivity contribution in [2.75, 3.05) is 34.8 Å². The average molecular weight is 399 g/mol. The highest BCUT2D eigenvalue weighted by molar-refractivity contribution is 6.30. The number of piperidine rings is 1. The summed E-state index contributed by atoms with van der Waals surface area (Å²) in [5.41, 5.74) is 1.66. The third-order valence-electron chi connectivity index (χ3n) is 5.42. The molecule has 28 heavy (non-hydrogen) atoms. The number of rotatable bonds is 4. The van der Waals surface area contributed by atoms with Crippen molar-refractivity contribution >= 4 is 40.6 Å². The van der Waals surface area contributed by atoms with E-state index >= 15 is 0 Å². The molecule has 2 amide bonds. The standard InChI is InChI=1S/C21H23ClN4O2/c22-16-3-8-19(23-14-16)25-12-9-15(10-13-25)21(28)24-17-4-6-18(7-5-17)26-11-1-2-20(26)27/h3-8,14-15H,1-2,9-13H2,(H,24,28). The van der Waals surface area contributed by atoms with Crippen LogP contribution in [0.25, 0.3) is 0 Å². The van der Waals surface area contributed by atoms with E-state index in [-0.39, 0.29) is 17.7 Å². The maximum Gasteiger partial charge on any atom is 0.227 e. The maximum atomic E-state index is 12.6. The lowest BCUT2D eigenvalue weighted by Gasteiger charge is -2.32. The molecule has 1 N–H and O–H groups in total. The van der Waals surface area contributed by atoms with E-state index in [1.165, 1.54) is 0 Å². The van der Waals surface area contributed by atoms with Crippen molar-refractivity contribution in [3.05, 3.63) is 47.6 Å². The first-order chi connectivity index (χ1) is 13.6. The number of pyridine rings is 1. The Hall–Kier alpha value is -2.60. The Bertz CT molecular complexity index is 846. The molecule has 1 aromatic carbocycles. The van der Waals surface area contributed by atoms with Gasteiger partial charge in [0.25, 0.3) is 0 Å². The zero-order chi connectivity index (χ0) is 19.5. The SMILES string of the molecule is O=C(Nc1ccc(N2CCCC2=O)cc1)C1CCN(c2ccc(Cl)cn2)CC1. The molecule has 0 atom stereocenters. The van der Waals surface area contributed by atoms with E-state index in [0.717, 1.165) is 56.1 Å². The fraction of sp³-hybridized carbons (Fsp3) is 0.381. The van der Waals surface area contributed by atoms with Crippen LogP contribution in [-0.2, 0) is 9.59 Å². The highest BCUT2D eigenvalue weighted by atomic mass is 35.5. The summed E-state index contributed by atoms with van der Waals surface area (Å²) in [4.78, 5) is 32.8. The van der Waals surface area contributed by atoms with Crippen molar-refractivity contribution in [2.45, 2.75) is 25.7 Å². The van der Waals surface area contributed by atoms with Crippen LogP contribution in [0.3, 0.4) is 0 Å². The van der Waals surface area contributed by atoms with Gasteiger partial charge in [-0.25, -0.2) is 4.98 Å². The van der Waals surface area contributed by atoms with Gasteiger partial charge in [0.1, 0.15) is 5.82 Å².